The highest BCUT2D eigenvalue weighted by atomic mass is 16.4. The van der Waals surface area contributed by atoms with E-state index in [0.29, 0.717) is 17.8 Å². The number of phenolic OH excluding ortho intramolecular Hbond substituents is 1. The number of fused-ring (bicyclic) bond motifs is 1. The van der Waals surface area contributed by atoms with Crippen LogP contribution in [-0.2, 0) is 9.59 Å². The third kappa shape index (κ3) is 3.44. The molecule has 0 fully saturated rings. The minimum absolute atomic E-state index is 0.104. The first-order chi connectivity index (χ1) is 12.5. The van der Waals surface area contributed by atoms with Crippen LogP contribution in [0.1, 0.15) is 30.9 Å². The van der Waals surface area contributed by atoms with Crippen LogP contribution in [0, 0.1) is 0 Å². The number of aliphatic carboxylic acids is 1. The van der Waals surface area contributed by atoms with Crippen LogP contribution in [0.5, 0.6) is 5.75 Å². The van der Waals surface area contributed by atoms with Crippen LogP contribution < -0.4 is 4.90 Å². The molecule has 0 saturated carbocycles. The number of carboxylic acids is 1. The summed E-state index contributed by atoms with van der Waals surface area (Å²) in [5.74, 6) is -1.07. The van der Waals surface area contributed by atoms with Gasteiger partial charge < -0.3 is 15.1 Å². The molecule has 2 N–H and O–H groups in total. The number of nitrogens with zero attached hydrogens (tertiary/aromatic N) is 2. The van der Waals surface area contributed by atoms with Crippen molar-refractivity contribution in [2.45, 2.75) is 25.8 Å². The van der Waals surface area contributed by atoms with Gasteiger partial charge in [0.2, 0.25) is 0 Å². The first-order valence-electron chi connectivity index (χ1n) is 8.51. The Morgan fingerprint density at radius 1 is 1.19 bits per heavy atom. The number of amides is 1. The lowest BCUT2D eigenvalue weighted by Crippen LogP contribution is -2.38. The fraction of sp³-hybridized carbons (Fsp3) is 0.250. The van der Waals surface area contributed by atoms with Gasteiger partial charge in [0, 0.05) is 24.1 Å². The maximum atomic E-state index is 13.0. The number of carboxylic acid groups (broad SMARTS) is 1. The second-order valence-electron chi connectivity index (χ2n) is 6.08. The third-order valence-corrected chi connectivity index (χ3v) is 4.35. The Morgan fingerprint density at radius 3 is 2.65 bits per heavy atom. The van der Waals surface area contributed by atoms with Gasteiger partial charge in [-0.2, -0.15) is 0 Å². The van der Waals surface area contributed by atoms with E-state index in [1.807, 2.05) is 37.3 Å². The van der Waals surface area contributed by atoms with Gasteiger partial charge in [-0.1, -0.05) is 30.3 Å². The largest absolute Gasteiger partial charge is 0.508 e. The average Bonchev–Trinajstić information content (AvgIpc) is 2.74. The number of carbonyl (C=O) groups is 2. The lowest BCUT2D eigenvalue weighted by Gasteiger charge is -2.23. The summed E-state index contributed by atoms with van der Waals surface area (Å²) >= 11 is 0. The van der Waals surface area contributed by atoms with E-state index < -0.39 is 12.0 Å². The Labute approximate surface area is 151 Å². The lowest BCUT2D eigenvalue weighted by molar-refractivity contribution is -0.137. The van der Waals surface area contributed by atoms with Crippen LogP contribution >= 0.6 is 0 Å². The second kappa shape index (κ2) is 7.39. The van der Waals surface area contributed by atoms with Gasteiger partial charge in [0.05, 0.1) is 11.4 Å². The van der Waals surface area contributed by atoms with E-state index in [2.05, 4.69) is 4.99 Å². The second-order valence-corrected chi connectivity index (χ2v) is 6.08. The molecule has 26 heavy (non-hydrogen) atoms. The number of benzodiazepines with no additional fused rings is 1. The third-order valence-electron chi connectivity index (χ3n) is 4.35. The molecule has 0 bridgehead atoms. The summed E-state index contributed by atoms with van der Waals surface area (Å²) in [6.45, 7) is 2.34. The van der Waals surface area contributed by atoms with Crippen molar-refractivity contribution in [3.63, 3.8) is 0 Å². The number of carbonyl (C=O) groups excluding carboxylic acids is 1. The lowest BCUT2D eigenvalue weighted by atomic mass is 10.00. The van der Waals surface area contributed by atoms with Crippen LogP contribution in [0.2, 0.25) is 0 Å². The topological polar surface area (TPSA) is 90.2 Å². The number of likely N-dealkylation sites (N-methyl/N-ethyl adjacent to an activating group) is 1. The van der Waals surface area contributed by atoms with Gasteiger partial charge in [0.15, 0.2) is 0 Å². The molecular formula is C20H20N2O4. The zero-order chi connectivity index (χ0) is 18.7. The van der Waals surface area contributed by atoms with Gasteiger partial charge in [-0.3, -0.25) is 14.6 Å². The van der Waals surface area contributed by atoms with Crippen LogP contribution in [0.15, 0.2) is 53.5 Å². The van der Waals surface area contributed by atoms with Crippen molar-refractivity contribution in [1.82, 2.24) is 0 Å². The van der Waals surface area contributed by atoms with Crippen LogP contribution in [0.4, 0.5) is 5.69 Å². The average molecular weight is 352 g/mol. The van der Waals surface area contributed by atoms with Crippen LogP contribution in [0.3, 0.4) is 0 Å². The van der Waals surface area contributed by atoms with Crippen molar-refractivity contribution in [2.75, 3.05) is 11.4 Å². The maximum absolute atomic E-state index is 13.0. The molecule has 1 atom stereocenters. The van der Waals surface area contributed by atoms with Crippen molar-refractivity contribution in [2.24, 2.45) is 4.99 Å². The smallest absolute Gasteiger partial charge is 0.303 e. The number of rotatable bonds is 5. The highest BCUT2D eigenvalue weighted by molar-refractivity contribution is 6.20. The number of benzene rings is 2. The summed E-state index contributed by atoms with van der Waals surface area (Å²) < 4.78 is 0. The van der Waals surface area contributed by atoms with Gasteiger partial charge in [0.25, 0.3) is 5.91 Å². The number of phenols is 1. The predicted octanol–water partition coefficient (Wildman–Crippen LogP) is 2.83. The summed E-state index contributed by atoms with van der Waals surface area (Å²) in [6.07, 6.45) is -0.0118. The van der Waals surface area contributed by atoms with Gasteiger partial charge in [-0.15, -0.1) is 0 Å². The molecule has 0 saturated heterocycles. The van der Waals surface area contributed by atoms with Crippen molar-refractivity contribution < 1.29 is 19.8 Å². The predicted molar refractivity (Wildman–Crippen MR) is 98.9 cm³/mol. The molecule has 0 aromatic heterocycles. The van der Waals surface area contributed by atoms with Gasteiger partial charge >= 0.3 is 5.97 Å². The van der Waals surface area contributed by atoms with E-state index in [1.165, 1.54) is 0 Å². The molecule has 1 aliphatic rings. The molecule has 1 amide bonds. The zero-order valence-electron chi connectivity index (χ0n) is 14.4. The SMILES string of the molecule is CCN1C(=O)C(CCC(=O)O)N=C(c2cccc(O)c2)c2ccccc21. The summed E-state index contributed by atoms with van der Waals surface area (Å²) in [4.78, 5) is 30.2. The van der Waals surface area contributed by atoms with E-state index in [1.54, 1.807) is 23.1 Å². The first kappa shape index (κ1) is 17.7. The number of aliphatic imine (C=N–C) groups is 1. The van der Waals surface area contributed by atoms with E-state index in [-0.39, 0.29) is 24.5 Å². The van der Waals surface area contributed by atoms with Crippen LogP contribution in [0.25, 0.3) is 0 Å². The highest BCUT2D eigenvalue weighted by Gasteiger charge is 2.31. The molecule has 3 rings (SSSR count). The quantitative estimate of drug-likeness (QED) is 0.866. The first-order valence-corrected chi connectivity index (χ1v) is 8.51. The molecule has 1 aliphatic heterocycles. The minimum atomic E-state index is -0.961. The molecule has 0 radical (unpaired) electrons. The molecule has 2 aromatic carbocycles. The van der Waals surface area contributed by atoms with Gasteiger partial charge in [0.1, 0.15) is 11.8 Å². The fourth-order valence-corrected chi connectivity index (χ4v) is 3.15. The van der Waals surface area contributed by atoms with Crippen LogP contribution in [-0.4, -0.2) is 40.4 Å². The number of para-hydroxylation sites is 1. The summed E-state index contributed by atoms with van der Waals surface area (Å²) in [5.41, 5.74) is 2.78. The van der Waals surface area contributed by atoms with E-state index in [9.17, 15) is 14.7 Å². The molecule has 2 aromatic rings. The fourth-order valence-electron chi connectivity index (χ4n) is 3.15. The summed E-state index contributed by atoms with van der Waals surface area (Å²) in [7, 11) is 0. The minimum Gasteiger partial charge on any atom is -0.508 e. The Hall–Kier alpha value is -3.15. The van der Waals surface area contributed by atoms with Crippen molar-refractivity contribution in [3.05, 3.63) is 59.7 Å². The molecule has 0 aliphatic carbocycles. The standard InChI is InChI=1S/C20H20N2O4/c1-2-22-17-9-4-3-8-15(17)19(13-6-5-7-14(23)12-13)21-16(20(22)26)10-11-18(24)25/h3-9,12,16,23H,2,10-11H2,1H3,(H,24,25). The Kier molecular flexibility index (Phi) is 5.02. The highest BCUT2D eigenvalue weighted by Crippen LogP contribution is 2.30. The van der Waals surface area contributed by atoms with E-state index in [0.717, 1.165) is 11.3 Å². The number of hydrogen-bond donors (Lipinski definition) is 2. The molecular weight excluding hydrogens is 332 g/mol. The number of anilines is 1. The van der Waals surface area contributed by atoms with Crippen molar-refractivity contribution in [1.29, 1.82) is 0 Å². The Balaban J connectivity index is 2.17. The normalized spacial score (nSPS) is 16.7. The monoisotopic (exact) mass is 352 g/mol. The molecule has 134 valence electrons. The zero-order valence-corrected chi connectivity index (χ0v) is 14.4. The van der Waals surface area contributed by atoms with Gasteiger partial charge in [-0.25, -0.2) is 0 Å². The van der Waals surface area contributed by atoms with Crippen molar-refractivity contribution in [3.8, 4) is 5.75 Å². The molecule has 6 heteroatoms. The molecule has 0 spiro atoms. The van der Waals surface area contributed by atoms with Crippen molar-refractivity contribution >= 4 is 23.3 Å². The molecule has 1 heterocycles. The Bertz CT molecular complexity index is 876. The van der Waals surface area contributed by atoms with Gasteiger partial charge in [-0.05, 0) is 31.5 Å². The summed E-state index contributed by atoms with van der Waals surface area (Å²) in [5, 5.41) is 18.9. The maximum Gasteiger partial charge on any atom is 0.303 e. The number of aromatic hydroxyl groups is 1. The van der Waals surface area contributed by atoms with E-state index >= 15 is 0 Å². The number of hydrogen-bond acceptors (Lipinski definition) is 4. The van der Waals surface area contributed by atoms with E-state index in [4.69, 9.17) is 5.11 Å². The molecule has 6 nitrogen and oxygen atoms in total. The Morgan fingerprint density at radius 2 is 1.96 bits per heavy atom. The molecule has 1 unspecified atom stereocenters. The summed E-state index contributed by atoms with van der Waals surface area (Å²) in [6, 6.07) is 13.4.